The van der Waals surface area contributed by atoms with Crippen LogP contribution in [-0.2, 0) is 26.2 Å². The molecule has 0 bridgehead atoms. The molecular formula is C30H35Cl2N3O4S. The van der Waals surface area contributed by atoms with E-state index in [9.17, 15) is 18.0 Å². The molecule has 0 saturated heterocycles. The molecule has 2 amide bonds. The van der Waals surface area contributed by atoms with Crippen molar-refractivity contribution in [3.63, 3.8) is 0 Å². The highest BCUT2D eigenvalue weighted by atomic mass is 35.5. The average molecular weight is 605 g/mol. The monoisotopic (exact) mass is 603 g/mol. The van der Waals surface area contributed by atoms with Gasteiger partial charge in [0.05, 0.1) is 10.6 Å². The number of nitrogens with one attached hydrogen (secondary N) is 1. The van der Waals surface area contributed by atoms with Gasteiger partial charge in [-0.1, -0.05) is 72.1 Å². The summed E-state index contributed by atoms with van der Waals surface area (Å²) in [6.45, 7) is 8.51. The van der Waals surface area contributed by atoms with Crippen molar-refractivity contribution in [3.05, 3.63) is 93.5 Å². The van der Waals surface area contributed by atoms with Gasteiger partial charge in [0.15, 0.2) is 0 Å². The molecule has 0 aliphatic rings. The fourth-order valence-corrected chi connectivity index (χ4v) is 5.89. The summed E-state index contributed by atoms with van der Waals surface area (Å²) in [4.78, 5) is 28.6. The lowest BCUT2D eigenvalue weighted by atomic mass is 10.1. The van der Waals surface area contributed by atoms with Crippen LogP contribution in [0.2, 0.25) is 10.0 Å². The molecule has 0 fully saturated rings. The number of hydrogen-bond donors (Lipinski definition) is 1. The first-order chi connectivity index (χ1) is 18.8. The molecule has 10 heteroatoms. The number of aryl methyl sites for hydroxylation is 2. The van der Waals surface area contributed by atoms with E-state index in [2.05, 4.69) is 5.32 Å². The number of hydrogen-bond acceptors (Lipinski definition) is 4. The Hall–Kier alpha value is -3.07. The predicted octanol–water partition coefficient (Wildman–Crippen LogP) is 6.14. The first-order valence-electron chi connectivity index (χ1n) is 13.0. The second-order valence-electron chi connectivity index (χ2n) is 9.86. The largest absolute Gasteiger partial charge is 0.352 e. The molecule has 0 aliphatic heterocycles. The summed E-state index contributed by atoms with van der Waals surface area (Å²) in [7, 11) is -4.19. The van der Waals surface area contributed by atoms with Crippen molar-refractivity contribution in [1.82, 2.24) is 10.2 Å². The standard InChI is InChI=1S/C30H35Cl2N3O4S/c1-6-22(4)33-30(37)23(5)34(18-24-9-7-8-10-27(24)32)29(36)19-35(28-17-25(31)14-13-21(28)3)40(38,39)26-15-11-20(2)12-16-26/h7-17,22-23H,6,18-19H2,1-5H3,(H,33,37). The predicted molar refractivity (Wildman–Crippen MR) is 161 cm³/mol. The zero-order valence-electron chi connectivity index (χ0n) is 23.3. The van der Waals surface area contributed by atoms with Gasteiger partial charge in [-0.15, -0.1) is 0 Å². The number of carbonyl (C=O) groups is 2. The number of sulfonamides is 1. The van der Waals surface area contributed by atoms with Crippen molar-refractivity contribution in [3.8, 4) is 0 Å². The van der Waals surface area contributed by atoms with Crippen molar-refractivity contribution < 1.29 is 18.0 Å². The van der Waals surface area contributed by atoms with Crippen LogP contribution >= 0.6 is 23.2 Å². The first kappa shape index (κ1) is 31.5. The maximum atomic E-state index is 14.0. The minimum Gasteiger partial charge on any atom is -0.352 e. The lowest BCUT2D eigenvalue weighted by Gasteiger charge is -2.33. The summed E-state index contributed by atoms with van der Waals surface area (Å²) >= 11 is 12.7. The minimum atomic E-state index is -4.19. The van der Waals surface area contributed by atoms with Crippen molar-refractivity contribution in [2.24, 2.45) is 0 Å². The second-order valence-corrected chi connectivity index (χ2v) is 12.6. The third-order valence-electron chi connectivity index (χ3n) is 6.79. The molecule has 0 aromatic heterocycles. The molecule has 214 valence electrons. The van der Waals surface area contributed by atoms with Crippen LogP contribution in [0.15, 0.2) is 71.6 Å². The smallest absolute Gasteiger partial charge is 0.264 e. The van der Waals surface area contributed by atoms with E-state index >= 15 is 0 Å². The normalized spacial score (nSPS) is 12.9. The molecule has 0 aliphatic carbocycles. The number of benzene rings is 3. The molecule has 0 spiro atoms. The Morgan fingerprint density at radius 1 is 0.950 bits per heavy atom. The Morgan fingerprint density at radius 2 is 1.60 bits per heavy atom. The number of anilines is 1. The summed E-state index contributed by atoms with van der Waals surface area (Å²) in [5, 5.41) is 3.67. The van der Waals surface area contributed by atoms with Crippen LogP contribution in [0.3, 0.4) is 0 Å². The van der Waals surface area contributed by atoms with Crippen molar-refractivity contribution in [2.45, 2.75) is 64.6 Å². The van der Waals surface area contributed by atoms with Crippen LogP contribution in [0.1, 0.15) is 43.9 Å². The Labute approximate surface area is 247 Å². The van der Waals surface area contributed by atoms with Crippen LogP contribution in [0.5, 0.6) is 0 Å². The molecular weight excluding hydrogens is 569 g/mol. The summed E-state index contributed by atoms with van der Waals surface area (Å²) in [6, 6.07) is 17.3. The van der Waals surface area contributed by atoms with Crippen LogP contribution in [-0.4, -0.2) is 43.8 Å². The highest BCUT2D eigenvalue weighted by Crippen LogP contribution is 2.30. The van der Waals surface area contributed by atoms with Gasteiger partial charge in [0.1, 0.15) is 12.6 Å². The molecule has 3 aromatic carbocycles. The zero-order chi connectivity index (χ0) is 29.6. The summed E-state index contributed by atoms with van der Waals surface area (Å²) in [6.07, 6.45) is 0.716. The quantitative estimate of drug-likeness (QED) is 0.285. The molecule has 2 atom stereocenters. The van der Waals surface area contributed by atoms with E-state index in [4.69, 9.17) is 23.2 Å². The summed E-state index contributed by atoms with van der Waals surface area (Å²) in [5.41, 5.74) is 2.42. The minimum absolute atomic E-state index is 0.0144. The van der Waals surface area contributed by atoms with Gasteiger partial charge < -0.3 is 10.2 Å². The van der Waals surface area contributed by atoms with E-state index in [1.54, 1.807) is 62.4 Å². The maximum absolute atomic E-state index is 14.0. The molecule has 40 heavy (non-hydrogen) atoms. The van der Waals surface area contributed by atoms with Gasteiger partial charge in [0, 0.05) is 22.6 Å². The zero-order valence-corrected chi connectivity index (χ0v) is 25.6. The van der Waals surface area contributed by atoms with E-state index in [0.29, 0.717) is 27.6 Å². The van der Waals surface area contributed by atoms with Gasteiger partial charge in [-0.25, -0.2) is 8.42 Å². The van der Waals surface area contributed by atoms with Gasteiger partial charge >= 0.3 is 0 Å². The number of amides is 2. The topological polar surface area (TPSA) is 86.8 Å². The number of rotatable bonds is 11. The van der Waals surface area contributed by atoms with Crippen molar-refractivity contribution >= 4 is 50.7 Å². The fraction of sp³-hybridized carbons (Fsp3) is 0.333. The van der Waals surface area contributed by atoms with E-state index in [1.807, 2.05) is 20.8 Å². The SMILES string of the molecule is CCC(C)NC(=O)C(C)N(Cc1ccccc1Cl)C(=O)CN(c1cc(Cl)ccc1C)S(=O)(=O)c1ccc(C)cc1. The highest BCUT2D eigenvalue weighted by molar-refractivity contribution is 7.92. The van der Waals surface area contributed by atoms with E-state index in [0.717, 1.165) is 9.87 Å². The Bertz CT molecular complexity index is 1460. The third kappa shape index (κ3) is 7.56. The Morgan fingerprint density at radius 3 is 2.23 bits per heavy atom. The van der Waals surface area contributed by atoms with Gasteiger partial charge in [0.25, 0.3) is 10.0 Å². The van der Waals surface area contributed by atoms with Crippen LogP contribution < -0.4 is 9.62 Å². The van der Waals surface area contributed by atoms with Gasteiger partial charge in [-0.05, 0) is 75.6 Å². The average Bonchev–Trinajstić information content (AvgIpc) is 2.92. The summed E-state index contributed by atoms with van der Waals surface area (Å²) < 4.78 is 29.0. The molecule has 3 aromatic rings. The lowest BCUT2D eigenvalue weighted by Crippen LogP contribution is -2.52. The molecule has 0 heterocycles. The van der Waals surface area contributed by atoms with E-state index < -0.39 is 28.5 Å². The van der Waals surface area contributed by atoms with Crippen LogP contribution in [0.25, 0.3) is 0 Å². The van der Waals surface area contributed by atoms with Crippen molar-refractivity contribution in [1.29, 1.82) is 0 Å². The van der Waals surface area contributed by atoms with Crippen molar-refractivity contribution in [2.75, 3.05) is 10.8 Å². The Kier molecular flexibility index (Phi) is 10.6. The number of nitrogens with zero attached hydrogens (tertiary/aromatic N) is 2. The second kappa shape index (κ2) is 13.5. The number of carbonyl (C=O) groups excluding carboxylic acids is 2. The Balaban J connectivity index is 2.08. The molecule has 2 unspecified atom stereocenters. The molecule has 0 saturated carbocycles. The fourth-order valence-electron chi connectivity index (χ4n) is 4.06. The molecule has 7 nitrogen and oxygen atoms in total. The molecule has 0 radical (unpaired) electrons. The third-order valence-corrected chi connectivity index (χ3v) is 9.17. The van der Waals surface area contributed by atoms with Crippen LogP contribution in [0.4, 0.5) is 5.69 Å². The maximum Gasteiger partial charge on any atom is 0.264 e. The lowest BCUT2D eigenvalue weighted by molar-refractivity contribution is -0.139. The van der Waals surface area contributed by atoms with Gasteiger partial charge in [-0.2, -0.15) is 0 Å². The van der Waals surface area contributed by atoms with Gasteiger partial charge in [0.2, 0.25) is 11.8 Å². The first-order valence-corrected chi connectivity index (χ1v) is 15.2. The summed E-state index contributed by atoms with van der Waals surface area (Å²) in [5.74, 6) is -0.914. The highest BCUT2D eigenvalue weighted by Gasteiger charge is 2.33. The van der Waals surface area contributed by atoms with Gasteiger partial charge in [-0.3, -0.25) is 13.9 Å². The number of halogens is 2. The molecule has 3 rings (SSSR count). The molecule has 1 N–H and O–H groups in total. The van der Waals surface area contributed by atoms with E-state index in [1.165, 1.54) is 23.1 Å². The van der Waals surface area contributed by atoms with Crippen LogP contribution in [0, 0.1) is 13.8 Å². The van der Waals surface area contributed by atoms with E-state index in [-0.39, 0.29) is 29.1 Å².